The Morgan fingerprint density at radius 1 is 1.07 bits per heavy atom. The van der Waals surface area contributed by atoms with Crippen LogP contribution in [0.4, 0.5) is 10.1 Å². The molecule has 1 aromatic carbocycles. The molecule has 0 aliphatic carbocycles. The molecule has 0 heterocycles. The Labute approximate surface area is 85.1 Å². The third-order valence-electron chi connectivity index (χ3n) is 2.44. The van der Waals surface area contributed by atoms with Crippen molar-refractivity contribution in [3.63, 3.8) is 0 Å². The predicted octanol–water partition coefficient (Wildman–Crippen LogP) is 3.65. The highest BCUT2D eigenvalue weighted by molar-refractivity contribution is 5.51. The molecule has 0 aliphatic rings. The van der Waals surface area contributed by atoms with Crippen molar-refractivity contribution in [2.75, 3.05) is 5.73 Å². The van der Waals surface area contributed by atoms with Crippen molar-refractivity contribution in [1.82, 2.24) is 0 Å². The summed E-state index contributed by atoms with van der Waals surface area (Å²) >= 11 is 0. The van der Waals surface area contributed by atoms with E-state index < -0.39 is 0 Å². The van der Waals surface area contributed by atoms with Gasteiger partial charge in [0.05, 0.1) is 0 Å². The summed E-state index contributed by atoms with van der Waals surface area (Å²) in [7, 11) is 0. The number of benzene rings is 1. The minimum Gasteiger partial charge on any atom is -0.398 e. The van der Waals surface area contributed by atoms with E-state index in [0.717, 1.165) is 5.56 Å². The van der Waals surface area contributed by atoms with Gasteiger partial charge in [-0.15, -0.1) is 0 Å². The topological polar surface area (TPSA) is 26.0 Å². The minimum atomic E-state index is -0.130. The maximum atomic E-state index is 14.0. The van der Waals surface area contributed by atoms with Crippen molar-refractivity contribution >= 4 is 5.69 Å². The van der Waals surface area contributed by atoms with E-state index in [-0.39, 0.29) is 17.7 Å². The molecular weight excluding hydrogens is 177 g/mol. The number of nitrogens with two attached hydrogens (primary N) is 1. The molecule has 0 bridgehead atoms. The largest absolute Gasteiger partial charge is 0.398 e. The van der Waals surface area contributed by atoms with Gasteiger partial charge in [0, 0.05) is 11.3 Å². The highest BCUT2D eigenvalue weighted by Crippen LogP contribution is 2.30. The van der Waals surface area contributed by atoms with Gasteiger partial charge < -0.3 is 5.73 Å². The molecule has 0 atom stereocenters. The molecule has 1 rings (SSSR count). The number of halogens is 1. The first-order valence-electron chi connectivity index (χ1n) is 5.03. The fourth-order valence-corrected chi connectivity index (χ4v) is 1.66. The molecule has 2 N–H and O–H groups in total. The lowest BCUT2D eigenvalue weighted by atomic mass is 9.93. The molecule has 0 aliphatic heterocycles. The number of nitrogen functional groups attached to an aromatic ring is 1. The van der Waals surface area contributed by atoms with Crippen molar-refractivity contribution in [3.05, 3.63) is 29.1 Å². The Bertz CT molecular complexity index is 329. The van der Waals surface area contributed by atoms with E-state index in [1.807, 2.05) is 27.7 Å². The zero-order valence-electron chi connectivity index (χ0n) is 9.26. The first kappa shape index (κ1) is 11.0. The number of hydrogen-bond donors (Lipinski definition) is 1. The van der Waals surface area contributed by atoms with Crippen molar-refractivity contribution in [2.45, 2.75) is 39.5 Å². The van der Waals surface area contributed by atoms with Crippen LogP contribution in [-0.4, -0.2) is 0 Å². The fraction of sp³-hybridized carbons (Fsp3) is 0.500. The second kappa shape index (κ2) is 3.99. The summed E-state index contributed by atoms with van der Waals surface area (Å²) in [6.07, 6.45) is 0. The van der Waals surface area contributed by atoms with Crippen molar-refractivity contribution in [2.24, 2.45) is 0 Å². The van der Waals surface area contributed by atoms with Crippen molar-refractivity contribution in [1.29, 1.82) is 0 Å². The summed E-state index contributed by atoms with van der Waals surface area (Å²) in [6, 6.07) is 3.58. The standard InChI is InChI=1S/C12H18FN/c1-7(2)9-5-6-10(14)11(8(3)4)12(9)13/h5-8H,14H2,1-4H3. The second-order valence-corrected chi connectivity index (χ2v) is 4.28. The SMILES string of the molecule is CC(C)c1ccc(N)c(C(C)C)c1F. The maximum absolute atomic E-state index is 14.0. The minimum absolute atomic E-state index is 0.130. The molecule has 0 saturated heterocycles. The van der Waals surface area contributed by atoms with E-state index in [1.165, 1.54) is 0 Å². The van der Waals surface area contributed by atoms with Gasteiger partial charge in [0.15, 0.2) is 0 Å². The molecule has 1 nitrogen and oxygen atoms in total. The molecule has 14 heavy (non-hydrogen) atoms. The highest BCUT2D eigenvalue weighted by atomic mass is 19.1. The van der Waals surface area contributed by atoms with Gasteiger partial charge >= 0.3 is 0 Å². The first-order chi connectivity index (χ1) is 6.45. The van der Waals surface area contributed by atoms with Crippen LogP contribution >= 0.6 is 0 Å². The molecule has 0 fully saturated rings. The monoisotopic (exact) mass is 195 g/mol. The van der Waals surface area contributed by atoms with Crippen molar-refractivity contribution in [3.8, 4) is 0 Å². The van der Waals surface area contributed by atoms with Crippen LogP contribution in [0, 0.1) is 5.82 Å². The Morgan fingerprint density at radius 2 is 1.64 bits per heavy atom. The molecule has 2 heteroatoms. The Balaban J connectivity index is 3.34. The van der Waals surface area contributed by atoms with Crippen LogP contribution in [0.5, 0.6) is 0 Å². The van der Waals surface area contributed by atoms with E-state index in [9.17, 15) is 4.39 Å². The molecule has 78 valence electrons. The lowest BCUT2D eigenvalue weighted by Gasteiger charge is -2.15. The van der Waals surface area contributed by atoms with E-state index in [1.54, 1.807) is 12.1 Å². The second-order valence-electron chi connectivity index (χ2n) is 4.28. The average Bonchev–Trinajstić information content (AvgIpc) is 2.02. The van der Waals surface area contributed by atoms with Crippen LogP contribution in [0.2, 0.25) is 0 Å². The normalized spacial score (nSPS) is 11.4. The molecule has 0 aromatic heterocycles. The summed E-state index contributed by atoms with van der Waals surface area (Å²) in [4.78, 5) is 0. The Morgan fingerprint density at radius 3 is 2.07 bits per heavy atom. The number of anilines is 1. The smallest absolute Gasteiger partial charge is 0.132 e. The summed E-state index contributed by atoms with van der Waals surface area (Å²) < 4.78 is 14.0. The molecule has 0 unspecified atom stereocenters. The van der Waals surface area contributed by atoms with Gasteiger partial charge in [-0.2, -0.15) is 0 Å². The molecule has 0 spiro atoms. The van der Waals surface area contributed by atoms with E-state index >= 15 is 0 Å². The lowest BCUT2D eigenvalue weighted by molar-refractivity contribution is 0.574. The molecule has 0 saturated carbocycles. The summed E-state index contributed by atoms with van der Waals surface area (Å²) in [6.45, 7) is 7.88. The molecule has 0 amide bonds. The molecular formula is C12H18FN. The fourth-order valence-electron chi connectivity index (χ4n) is 1.66. The summed E-state index contributed by atoms with van der Waals surface area (Å²) in [5.41, 5.74) is 7.71. The van der Waals surface area contributed by atoms with Crippen LogP contribution in [0.15, 0.2) is 12.1 Å². The Hall–Kier alpha value is -1.05. The summed E-state index contributed by atoms with van der Waals surface area (Å²) in [5.74, 6) is 0.205. The number of rotatable bonds is 2. The summed E-state index contributed by atoms with van der Waals surface area (Å²) in [5, 5.41) is 0. The third-order valence-corrected chi connectivity index (χ3v) is 2.44. The van der Waals surface area contributed by atoms with Crippen LogP contribution in [0.25, 0.3) is 0 Å². The lowest BCUT2D eigenvalue weighted by Crippen LogP contribution is -2.04. The Kier molecular flexibility index (Phi) is 3.14. The first-order valence-corrected chi connectivity index (χ1v) is 5.03. The van der Waals surface area contributed by atoms with Crippen LogP contribution in [0.3, 0.4) is 0 Å². The van der Waals surface area contributed by atoms with Gasteiger partial charge in [0.25, 0.3) is 0 Å². The zero-order valence-corrected chi connectivity index (χ0v) is 9.26. The highest BCUT2D eigenvalue weighted by Gasteiger charge is 2.16. The van der Waals surface area contributed by atoms with E-state index in [0.29, 0.717) is 11.3 Å². The third kappa shape index (κ3) is 1.89. The quantitative estimate of drug-likeness (QED) is 0.716. The predicted molar refractivity (Wildman–Crippen MR) is 59.0 cm³/mol. The van der Waals surface area contributed by atoms with Crippen LogP contribution in [0.1, 0.15) is 50.7 Å². The number of hydrogen-bond acceptors (Lipinski definition) is 1. The van der Waals surface area contributed by atoms with Crippen molar-refractivity contribution < 1.29 is 4.39 Å². The maximum Gasteiger partial charge on any atom is 0.132 e. The zero-order chi connectivity index (χ0) is 10.9. The molecule has 1 aromatic rings. The van der Waals surface area contributed by atoms with Gasteiger partial charge in [-0.1, -0.05) is 33.8 Å². The van der Waals surface area contributed by atoms with E-state index in [2.05, 4.69) is 0 Å². The van der Waals surface area contributed by atoms with Crippen LogP contribution < -0.4 is 5.73 Å². The van der Waals surface area contributed by atoms with Gasteiger partial charge in [-0.25, -0.2) is 4.39 Å². The van der Waals surface area contributed by atoms with E-state index in [4.69, 9.17) is 5.73 Å². The van der Waals surface area contributed by atoms with Gasteiger partial charge in [0.2, 0.25) is 0 Å². The van der Waals surface area contributed by atoms with Gasteiger partial charge in [0.1, 0.15) is 5.82 Å². The van der Waals surface area contributed by atoms with Crippen LogP contribution in [-0.2, 0) is 0 Å². The van der Waals surface area contributed by atoms with Gasteiger partial charge in [-0.3, -0.25) is 0 Å². The van der Waals surface area contributed by atoms with Gasteiger partial charge in [-0.05, 0) is 23.5 Å². The molecule has 0 radical (unpaired) electrons. The average molecular weight is 195 g/mol.